The Labute approximate surface area is 477 Å². The van der Waals surface area contributed by atoms with Crippen molar-refractivity contribution in [2.24, 2.45) is 0 Å². The van der Waals surface area contributed by atoms with E-state index in [1.54, 1.807) is 0 Å². The predicted octanol–water partition coefficient (Wildman–Crippen LogP) is 21.4. The Balaban J connectivity index is 0.973. The van der Waals surface area contributed by atoms with Crippen LogP contribution < -0.4 is 4.90 Å². The SMILES string of the molecule is c1ccc(-c2cc(-c3ccccc3)nc(-c3cccc(-n4c5cc6c7ccccc7c7ccccc7c6cc5c5c6ccccc6c6c7cc(N(c8ccc9ccccc9c8)c8ccccc8-c8ccccc8)ccc7oc6c54)c3)n2)cc1. The molecule has 3 aromatic heterocycles. The summed E-state index contributed by atoms with van der Waals surface area (Å²) in [5, 5.41) is 16.3. The lowest BCUT2D eigenvalue weighted by molar-refractivity contribution is 0.671. The molecule has 0 bridgehead atoms. The Morgan fingerprint density at radius 2 is 0.855 bits per heavy atom. The highest BCUT2D eigenvalue weighted by atomic mass is 16.3. The Kier molecular flexibility index (Phi) is 10.6. The minimum absolute atomic E-state index is 0.646. The first-order valence-electron chi connectivity index (χ1n) is 28.3. The van der Waals surface area contributed by atoms with Crippen molar-refractivity contribution in [2.45, 2.75) is 0 Å². The van der Waals surface area contributed by atoms with Gasteiger partial charge in [-0.15, -0.1) is 0 Å². The number of furan rings is 1. The summed E-state index contributed by atoms with van der Waals surface area (Å²) in [6.45, 7) is 0. The second kappa shape index (κ2) is 18.7. The van der Waals surface area contributed by atoms with Crippen molar-refractivity contribution in [1.29, 1.82) is 0 Å². The molecule has 0 spiro atoms. The maximum Gasteiger partial charge on any atom is 0.160 e. The number of anilines is 3. The monoisotopic (exact) mass is 1060 g/mol. The molecule has 5 heteroatoms. The van der Waals surface area contributed by atoms with E-state index in [1.165, 1.54) is 43.1 Å². The molecule has 5 nitrogen and oxygen atoms in total. The molecule has 0 N–H and O–H groups in total. The van der Waals surface area contributed by atoms with E-state index in [9.17, 15) is 0 Å². The number of rotatable bonds is 8. The maximum absolute atomic E-state index is 7.48. The number of fused-ring (bicyclic) bond motifs is 17. The van der Waals surface area contributed by atoms with Crippen LogP contribution in [-0.4, -0.2) is 14.5 Å². The standard InChI is InChI=1S/C78H48N4O/c1-4-22-50(23-5-1)58-31-18-19-38-71(58)81(56-40-39-49-21-10-11-28-53(49)43-56)57-41-42-73-68(45-57)75-64-37-17-16-36-63(64)74-67-46-65-61-34-14-12-32-59(61)60-33-13-15-35-62(60)66(65)47-72(67)82(76(74)77(75)83-73)55-30-20-29-54(44-55)78-79-69(51-24-6-2-7-25-51)48-70(80-78)52-26-8-3-9-27-52/h1-48H. The van der Waals surface area contributed by atoms with Crippen molar-refractivity contribution >= 4 is 115 Å². The van der Waals surface area contributed by atoms with E-state index in [1.807, 2.05) is 12.1 Å². The highest BCUT2D eigenvalue weighted by molar-refractivity contribution is 6.37. The number of nitrogens with zero attached hydrogens (tertiary/aromatic N) is 4. The second-order valence-electron chi connectivity index (χ2n) is 21.6. The molecular formula is C78H48N4O. The fourth-order valence-corrected chi connectivity index (χ4v) is 13.2. The van der Waals surface area contributed by atoms with E-state index >= 15 is 0 Å². The number of hydrogen-bond donors (Lipinski definition) is 0. The minimum Gasteiger partial charge on any atom is -0.454 e. The van der Waals surface area contributed by atoms with Crippen molar-refractivity contribution in [3.8, 4) is 50.7 Å². The van der Waals surface area contributed by atoms with E-state index in [-0.39, 0.29) is 0 Å². The Bertz CT molecular complexity index is 5400. The summed E-state index contributed by atoms with van der Waals surface area (Å²) >= 11 is 0. The van der Waals surface area contributed by atoms with Gasteiger partial charge in [0.05, 0.1) is 28.1 Å². The van der Waals surface area contributed by atoms with Crippen LogP contribution in [0.3, 0.4) is 0 Å². The maximum atomic E-state index is 7.48. The number of aromatic nitrogens is 3. The van der Waals surface area contributed by atoms with Crippen LogP contribution in [0, 0.1) is 0 Å². The van der Waals surface area contributed by atoms with Crippen molar-refractivity contribution in [1.82, 2.24) is 14.5 Å². The molecule has 0 saturated carbocycles. The average Bonchev–Trinajstić information content (AvgIpc) is 2.02. The van der Waals surface area contributed by atoms with E-state index < -0.39 is 0 Å². The van der Waals surface area contributed by atoms with Crippen LogP contribution in [0.4, 0.5) is 17.1 Å². The van der Waals surface area contributed by atoms with Gasteiger partial charge in [-0.2, -0.15) is 0 Å². The third kappa shape index (κ3) is 7.49. The molecule has 0 atom stereocenters. The van der Waals surface area contributed by atoms with Crippen LogP contribution in [0.2, 0.25) is 0 Å². The van der Waals surface area contributed by atoms with E-state index in [0.717, 1.165) is 116 Å². The fraction of sp³-hybridized carbons (Fsp3) is 0. The summed E-state index contributed by atoms with van der Waals surface area (Å²) in [6, 6.07) is 105. The molecule has 17 aromatic rings. The van der Waals surface area contributed by atoms with Crippen molar-refractivity contribution < 1.29 is 4.42 Å². The van der Waals surface area contributed by atoms with Gasteiger partial charge in [0.2, 0.25) is 0 Å². The lowest BCUT2D eigenvalue weighted by Crippen LogP contribution is -2.11. The van der Waals surface area contributed by atoms with Crippen LogP contribution in [0.15, 0.2) is 296 Å². The van der Waals surface area contributed by atoms with E-state index in [4.69, 9.17) is 14.4 Å². The molecule has 0 radical (unpaired) electrons. The normalized spacial score (nSPS) is 11.9. The molecule has 17 rings (SSSR count). The van der Waals surface area contributed by atoms with Gasteiger partial charge in [-0.25, -0.2) is 9.97 Å². The third-order valence-electron chi connectivity index (χ3n) is 16.9. The highest BCUT2D eigenvalue weighted by Gasteiger charge is 2.27. The molecule has 0 fully saturated rings. The van der Waals surface area contributed by atoms with Gasteiger partial charge in [0.1, 0.15) is 5.58 Å². The zero-order chi connectivity index (χ0) is 54.5. The Morgan fingerprint density at radius 1 is 0.325 bits per heavy atom. The predicted molar refractivity (Wildman–Crippen MR) is 348 cm³/mol. The van der Waals surface area contributed by atoms with Crippen LogP contribution in [0.5, 0.6) is 0 Å². The molecule has 0 aliphatic heterocycles. The number of hydrogen-bond acceptors (Lipinski definition) is 4. The molecule has 0 saturated heterocycles. The summed E-state index contributed by atoms with van der Waals surface area (Å²) < 4.78 is 9.93. The Hall–Kier alpha value is -11.1. The lowest BCUT2D eigenvalue weighted by atomic mass is 9.92. The molecule has 0 amide bonds. The molecule has 83 heavy (non-hydrogen) atoms. The Morgan fingerprint density at radius 3 is 1.54 bits per heavy atom. The first-order chi connectivity index (χ1) is 41.2. The van der Waals surface area contributed by atoms with Gasteiger partial charge in [0, 0.05) is 60.9 Å². The smallest absolute Gasteiger partial charge is 0.160 e. The van der Waals surface area contributed by atoms with Gasteiger partial charge in [0.25, 0.3) is 0 Å². The molecule has 14 aromatic carbocycles. The molecule has 0 aliphatic rings. The second-order valence-corrected chi connectivity index (χ2v) is 21.6. The van der Waals surface area contributed by atoms with Crippen LogP contribution in [0.1, 0.15) is 0 Å². The topological polar surface area (TPSA) is 47.1 Å². The number of para-hydroxylation sites is 1. The van der Waals surface area contributed by atoms with Crippen LogP contribution in [0.25, 0.3) is 148 Å². The summed E-state index contributed by atoms with van der Waals surface area (Å²) in [5.74, 6) is 0.646. The zero-order valence-corrected chi connectivity index (χ0v) is 44.9. The fourth-order valence-electron chi connectivity index (χ4n) is 13.2. The largest absolute Gasteiger partial charge is 0.454 e. The van der Waals surface area contributed by atoms with Gasteiger partial charge in [0.15, 0.2) is 11.4 Å². The van der Waals surface area contributed by atoms with Gasteiger partial charge < -0.3 is 13.9 Å². The highest BCUT2D eigenvalue weighted by Crippen LogP contribution is 2.50. The zero-order valence-electron chi connectivity index (χ0n) is 44.9. The van der Waals surface area contributed by atoms with Crippen molar-refractivity contribution in [3.63, 3.8) is 0 Å². The first kappa shape index (κ1) is 46.7. The van der Waals surface area contributed by atoms with Crippen LogP contribution >= 0.6 is 0 Å². The first-order valence-corrected chi connectivity index (χ1v) is 28.3. The summed E-state index contributed by atoms with van der Waals surface area (Å²) in [4.78, 5) is 13.1. The van der Waals surface area contributed by atoms with Gasteiger partial charge in [-0.1, -0.05) is 224 Å². The van der Waals surface area contributed by atoms with E-state index in [2.05, 4.69) is 289 Å². The minimum atomic E-state index is 0.646. The summed E-state index contributed by atoms with van der Waals surface area (Å²) in [6.07, 6.45) is 0. The number of benzene rings is 14. The lowest BCUT2D eigenvalue weighted by Gasteiger charge is -2.28. The van der Waals surface area contributed by atoms with Crippen molar-refractivity contribution in [3.05, 3.63) is 291 Å². The van der Waals surface area contributed by atoms with Gasteiger partial charge in [-0.05, 0) is 126 Å². The quantitative estimate of drug-likeness (QED) is 0.142. The van der Waals surface area contributed by atoms with Crippen molar-refractivity contribution in [2.75, 3.05) is 4.90 Å². The van der Waals surface area contributed by atoms with Gasteiger partial charge in [-0.3, -0.25) is 0 Å². The molecule has 0 unspecified atom stereocenters. The molecule has 3 heterocycles. The summed E-state index contributed by atoms with van der Waals surface area (Å²) in [7, 11) is 0. The molecule has 0 aliphatic carbocycles. The van der Waals surface area contributed by atoms with Crippen LogP contribution in [-0.2, 0) is 0 Å². The molecule has 386 valence electrons. The summed E-state index contributed by atoms with van der Waals surface area (Å²) in [5.41, 5.74) is 14.8. The molecular weight excluding hydrogens is 1010 g/mol. The van der Waals surface area contributed by atoms with Gasteiger partial charge >= 0.3 is 0 Å². The van der Waals surface area contributed by atoms with E-state index in [0.29, 0.717) is 5.82 Å². The third-order valence-corrected chi connectivity index (χ3v) is 16.9. The average molecular weight is 1060 g/mol.